The third kappa shape index (κ3) is 3.30. The van der Waals surface area contributed by atoms with Crippen LogP contribution >= 0.6 is 0 Å². The van der Waals surface area contributed by atoms with Crippen molar-refractivity contribution in [1.82, 2.24) is 4.90 Å². The van der Waals surface area contributed by atoms with Crippen molar-refractivity contribution in [3.05, 3.63) is 29.8 Å². The van der Waals surface area contributed by atoms with Gasteiger partial charge in [0.05, 0.1) is 11.3 Å². The van der Waals surface area contributed by atoms with E-state index in [0.717, 1.165) is 4.90 Å². The Hall–Kier alpha value is -2.70. The second-order valence-electron chi connectivity index (χ2n) is 5.03. The van der Waals surface area contributed by atoms with Crippen LogP contribution in [0.15, 0.2) is 24.3 Å². The molecule has 1 aliphatic rings. The van der Waals surface area contributed by atoms with Crippen LogP contribution in [0.25, 0.3) is 0 Å². The van der Waals surface area contributed by atoms with Crippen molar-refractivity contribution in [2.45, 2.75) is 12.8 Å². The number of amides is 3. The van der Waals surface area contributed by atoms with Gasteiger partial charge in [0.1, 0.15) is 0 Å². The van der Waals surface area contributed by atoms with Crippen molar-refractivity contribution in [1.29, 1.82) is 0 Å². The first kappa shape index (κ1) is 15.7. The fourth-order valence-electron chi connectivity index (χ4n) is 1.95. The molecule has 1 aromatic carbocycles. The Bertz CT molecular complexity index is 605. The summed E-state index contributed by atoms with van der Waals surface area (Å²) < 4.78 is 4.88. The Morgan fingerprint density at radius 1 is 1.09 bits per heavy atom. The van der Waals surface area contributed by atoms with E-state index in [4.69, 9.17) is 4.74 Å². The molecule has 22 heavy (non-hydrogen) atoms. The fourth-order valence-corrected chi connectivity index (χ4v) is 1.95. The molecule has 2 rings (SSSR count). The summed E-state index contributed by atoms with van der Waals surface area (Å²) in [4.78, 5) is 48.8. The topological polar surface area (TPSA) is 84.0 Å². The monoisotopic (exact) mass is 304 g/mol. The van der Waals surface area contributed by atoms with Gasteiger partial charge in [0.25, 0.3) is 5.91 Å². The lowest BCUT2D eigenvalue weighted by molar-refractivity contribution is -0.132. The molecule has 1 heterocycles. The molecule has 0 bridgehead atoms. The molecule has 0 aliphatic carbocycles. The highest BCUT2D eigenvalue weighted by atomic mass is 16.5. The lowest BCUT2D eigenvalue weighted by Gasteiger charge is -2.14. The minimum atomic E-state index is -0.638. The van der Waals surface area contributed by atoms with Crippen LogP contribution in [-0.2, 0) is 19.1 Å². The van der Waals surface area contributed by atoms with E-state index in [1.807, 2.05) is 0 Å². The van der Waals surface area contributed by atoms with E-state index in [1.54, 1.807) is 14.1 Å². The molecule has 1 aromatic rings. The lowest BCUT2D eigenvalue weighted by Crippen LogP contribution is -2.28. The molecule has 1 aliphatic heterocycles. The number of likely N-dealkylation sites (N-methyl/N-ethyl adjacent to an activating group) is 1. The average Bonchev–Trinajstić information content (AvgIpc) is 2.83. The van der Waals surface area contributed by atoms with Gasteiger partial charge in [-0.3, -0.25) is 19.3 Å². The van der Waals surface area contributed by atoms with Gasteiger partial charge in [0, 0.05) is 26.9 Å². The summed E-state index contributed by atoms with van der Waals surface area (Å²) in [6.45, 7) is -0.337. The summed E-state index contributed by atoms with van der Waals surface area (Å²) in [5.41, 5.74) is 0.669. The summed E-state index contributed by atoms with van der Waals surface area (Å²) in [7, 11) is 3.13. The normalized spacial score (nSPS) is 14.2. The van der Waals surface area contributed by atoms with Crippen LogP contribution in [0.2, 0.25) is 0 Å². The number of rotatable bonds is 4. The van der Waals surface area contributed by atoms with Crippen LogP contribution in [0.4, 0.5) is 5.69 Å². The highest BCUT2D eigenvalue weighted by Crippen LogP contribution is 2.22. The van der Waals surface area contributed by atoms with Crippen molar-refractivity contribution in [2.75, 3.05) is 25.6 Å². The number of hydrogen-bond donors (Lipinski definition) is 0. The molecule has 1 saturated heterocycles. The molecule has 7 nitrogen and oxygen atoms in total. The Balaban J connectivity index is 2.02. The summed E-state index contributed by atoms with van der Waals surface area (Å²) in [5.74, 6) is -1.46. The van der Waals surface area contributed by atoms with Gasteiger partial charge >= 0.3 is 5.97 Å². The van der Waals surface area contributed by atoms with Gasteiger partial charge in [-0.1, -0.05) is 0 Å². The van der Waals surface area contributed by atoms with Gasteiger partial charge in [-0.05, 0) is 24.3 Å². The van der Waals surface area contributed by atoms with Gasteiger partial charge < -0.3 is 9.64 Å². The number of anilines is 1. The van der Waals surface area contributed by atoms with Crippen molar-refractivity contribution in [2.24, 2.45) is 0 Å². The SMILES string of the molecule is CN(C)C(=O)COC(=O)c1ccc(N2C(=O)CCC2=O)cc1. The second kappa shape index (κ2) is 6.38. The van der Waals surface area contributed by atoms with E-state index in [-0.39, 0.29) is 42.7 Å². The molecule has 1 fully saturated rings. The highest BCUT2D eigenvalue weighted by molar-refractivity contribution is 6.19. The number of hydrogen-bond acceptors (Lipinski definition) is 5. The number of esters is 1. The minimum Gasteiger partial charge on any atom is -0.452 e. The van der Waals surface area contributed by atoms with Crippen LogP contribution in [0, 0.1) is 0 Å². The number of carbonyl (C=O) groups is 4. The maximum absolute atomic E-state index is 11.8. The van der Waals surface area contributed by atoms with Crippen LogP contribution < -0.4 is 4.90 Å². The van der Waals surface area contributed by atoms with Gasteiger partial charge in [-0.2, -0.15) is 0 Å². The van der Waals surface area contributed by atoms with Gasteiger partial charge in [-0.15, -0.1) is 0 Å². The Morgan fingerprint density at radius 3 is 2.14 bits per heavy atom. The molecule has 0 N–H and O–H groups in total. The van der Waals surface area contributed by atoms with Crippen LogP contribution in [0.1, 0.15) is 23.2 Å². The number of benzene rings is 1. The molecule has 0 unspecified atom stereocenters. The Kier molecular flexibility index (Phi) is 4.55. The molecule has 0 aromatic heterocycles. The highest BCUT2D eigenvalue weighted by Gasteiger charge is 2.30. The molecule has 116 valence electrons. The Labute approximate surface area is 127 Å². The van der Waals surface area contributed by atoms with Crippen molar-refractivity contribution >= 4 is 29.4 Å². The third-order valence-electron chi connectivity index (χ3n) is 3.24. The first-order valence-electron chi connectivity index (χ1n) is 6.73. The molecule has 0 saturated carbocycles. The maximum atomic E-state index is 11.8. The zero-order valence-electron chi connectivity index (χ0n) is 12.4. The zero-order chi connectivity index (χ0) is 16.3. The second-order valence-corrected chi connectivity index (χ2v) is 5.03. The molecular formula is C15H16N2O5. The summed E-state index contributed by atoms with van der Waals surface area (Å²) in [5, 5.41) is 0. The fraction of sp³-hybridized carbons (Fsp3) is 0.333. The van der Waals surface area contributed by atoms with E-state index in [9.17, 15) is 19.2 Å². The van der Waals surface area contributed by atoms with Crippen molar-refractivity contribution in [3.8, 4) is 0 Å². The Morgan fingerprint density at radius 2 is 1.64 bits per heavy atom. The summed E-state index contributed by atoms with van der Waals surface area (Å²) in [6.07, 6.45) is 0.407. The van der Waals surface area contributed by atoms with Gasteiger partial charge in [-0.25, -0.2) is 4.79 Å². The first-order valence-corrected chi connectivity index (χ1v) is 6.73. The molecule has 0 spiro atoms. The van der Waals surface area contributed by atoms with Crippen LogP contribution in [0.5, 0.6) is 0 Å². The van der Waals surface area contributed by atoms with E-state index in [1.165, 1.54) is 29.2 Å². The third-order valence-corrected chi connectivity index (χ3v) is 3.24. The number of nitrogens with zero attached hydrogens (tertiary/aromatic N) is 2. The quantitative estimate of drug-likeness (QED) is 0.600. The minimum absolute atomic E-state index is 0.204. The van der Waals surface area contributed by atoms with E-state index in [2.05, 4.69) is 0 Å². The predicted octanol–water partition coefficient (Wildman–Crippen LogP) is 0.585. The molecule has 3 amide bonds. The molecule has 7 heteroatoms. The average molecular weight is 304 g/mol. The van der Waals surface area contributed by atoms with Gasteiger partial charge in [0.2, 0.25) is 11.8 Å². The standard InChI is InChI=1S/C15H16N2O5/c1-16(2)14(20)9-22-15(21)10-3-5-11(6-4-10)17-12(18)7-8-13(17)19/h3-6H,7-9H2,1-2H3. The number of carbonyl (C=O) groups excluding carboxylic acids is 4. The summed E-state index contributed by atoms with van der Waals surface area (Å²) >= 11 is 0. The van der Waals surface area contributed by atoms with Gasteiger partial charge in [0.15, 0.2) is 6.61 Å². The van der Waals surface area contributed by atoms with Crippen LogP contribution in [0.3, 0.4) is 0 Å². The predicted molar refractivity (Wildman–Crippen MR) is 77.1 cm³/mol. The first-order chi connectivity index (χ1) is 10.4. The van der Waals surface area contributed by atoms with Crippen LogP contribution in [-0.4, -0.2) is 49.3 Å². The largest absolute Gasteiger partial charge is 0.452 e. The zero-order valence-corrected chi connectivity index (χ0v) is 12.4. The number of imide groups is 1. The smallest absolute Gasteiger partial charge is 0.338 e. The van der Waals surface area contributed by atoms with E-state index in [0.29, 0.717) is 5.69 Å². The summed E-state index contributed by atoms with van der Waals surface area (Å²) in [6, 6.07) is 5.92. The van der Waals surface area contributed by atoms with Crippen molar-refractivity contribution < 1.29 is 23.9 Å². The maximum Gasteiger partial charge on any atom is 0.338 e. The van der Waals surface area contributed by atoms with Crippen molar-refractivity contribution in [3.63, 3.8) is 0 Å². The molecular weight excluding hydrogens is 288 g/mol. The lowest BCUT2D eigenvalue weighted by atomic mass is 10.2. The number of ether oxygens (including phenoxy) is 1. The molecule has 0 radical (unpaired) electrons. The van der Waals surface area contributed by atoms with E-state index >= 15 is 0 Å². The van der Waals surface area contributed by atoms with E-state index < -0.39 is 5.97 Å². The molecule has 0 atom stereocenters.